The molecule has 1 aliphatic heterocycles. The number of carbonyl (C=O) groups is 1. The van der Waals surface area contributed by atoms with Crippen molar-refractivity contribution >= 4 is 5.97 Å². The number of carboxylic acid groups (broad SMARTS) is 1. The van der Waals surface area contributed by atoms with Crippen LogP contribution in [-0.4, -0.2) is 66.6 Å². The van der Waals surface area contributed by atoms with E-state index in [9.17, 15) is 4.79 Å². The van der Waals surface area contributed by atoms with Gasteiger partial charge in [-0.3, -0.25) is 4.90 Å². The molecule has 0 bridgehead atoms. The molecule has 110 valence electrons. The molecule has 6 nitrogen and oxygen atoms in total. The second-order valence-corrected chi connectivity index (χ2v) is 4.65. The van der Waals surface area contributed by atoms with E-state index in [0.29, 0.717) is 25.5 Å². The second kappa shape index (κ2) is 7.23. The topological polar surface area (TPSA) is 79.2 Å². The molecule has 1 heterocycles. The molecule has 1 aromatic rings. The van der Waals surface area contributed by atoms with Crippen LogP contribution in [0.1, 0.15) is 10.4 Å². The molecule has 1 fully saturated rings. The van der Waals surface area contributed by atoms with Crippen molar-refractivity contribution in [3.8, 4) is 5.75 Å². The molecule has 0 saturated carbocycles. The molecular weight excluding hydrogens is 262 g/mol. The molecule has 2 N–H and O–H groups in total. The predicted octanol–water partition coefficient (Wildman–Crippen LogP) is 0.457. The first-order valence-corrected chi connectivity index (χ1v) is 6.60. The van der Waals surface area contributed by atoms with E-state index in [4.69, 9.17) is 19.7 Å². The first kappa shape index (κ1) is 14.8. The number of aromatic carboxylic acids is 1. The number of aliphatic hydroxyl groups is 1. The summed E-state index contributed by atoms with van der Waals surface area (Å²) in [7, 11) is 0. The van der Waals surface area contributed by atoms with E-state index >= 15 is 0 Å². The van der Waals surface area contributed by atoms with Crippen LogP contribution in [-0.2, 0) is 4.74 Å². The van der Waals surface area contributed by atoms with Crippen LogP contribution in [0.3, 0.4) is 0 Å². The van der Waals surface area contributed by atoms with Crippen LogP contribution < -0.4 is 4.74 Å². The van der Waals surface area contributed by atoms with Crippen molar-refractivity contribution in [1.29, 1.82) is 0 Å². The van der Waals surface area contributed by atoms with Gasteiger partial charge in [-0.05, 0) is 24.3 Å². The maximum Gasteiger partial charge on any atom is 0.335 e. The minimum atomic E-state index is -0.945. The number of morpholine rings is 1. The molecule has 2 rings (SSSR count). The van der Waals surface area contributed by atoms with E-state index in [1.54, 1.807) is 12.1 Å². The number of benzene rings is 1. The Morgan fingerprint density at radius 1 is 1.40 bits per heavy atom. The van der Waals surface area contributed by atoms with Crippen LogP contribution >= 0.6 is 0 Å². The molecule has 1 aliphatic rings. The lowest BCUT2D eigenvalue weighted by atomic mass is 10.2. The van der Waals surface area contributed by atoms with Gasteiger partial charge in [0.25, 0.3) is 0 Å². The fourth-order valence-electron chi connectivity index (χ4n) is 2.08. The van der Waals surface area contributed by atoms with Crippen molar-refractivity contribution in [2.75, 3.05) is 39.5 Å². The van der Waals surface area contributed by atoms with Gasteiger partial charge >= 0.3 is 5.97 Å². The third kappa shape index (κ3) is 4.19. The summed E-state index contributed by atoms with van der Waals surface area (Å²) in [5.74, 6) is -0.290. The molecule has 0 amide bonds. The van der Waals surface area contributed by atoms with Crippen molar-refractivity contribution < 1.29 is 24.5 Å². The Labute approximate surface area is 117 Å². The highest BCUT2D eigenvalue weighted by Crippen LogP contribution is 2.12. The highest BCUT2D eigenvalue weighted by Gasteiger charge is 2.19. The van der Waals surface area contributed by atoms with Crippen molar-refractivity contribution in [2.45, 2.75) is 6.10 Å². The predicted molar refractivity (Wildman–Crippen MR) is 72.2 cm³/mol. The van der Waals surface area contributed by atoms with Gasteiger partial charge in [0.05, 0.1) is 24.9 Å². The molecular formula is C14H19NO5. The average molecular weight is 281 g/mol. The Bertz CT molecular complexity index is 434. The van der Waals surface area contributed by atoms with Crippen LogP contribution in [0.15, 0.2) is 24.3 Å². The summed E-state index contributed by atoms with van der Waals surface area (Å²) in [5.41, 5.74) is 0.247. The zero-order chi connectivity index (χ0) is 14.4. The zero-order valence-corrected chi connectivity index (χ0v) is 11.2. The van der Waals surface area contributed by atoms with Gasteiger partial charge in [0.2, 0.25) is 0 Å². The lowest BCUT2D eigenvalue weighted by Gasteiger charge is -2.31. The van der Waals surface area contributed by atoms with E-state index in [1.165, 1.54) is 12.1 Å². The number of rotatable bonds is 6. The molecule has 0 radical (unpaired) electrons. The number of nitrogens with zero attached hydrogens (tertiary/aromatic N) is 1. The SMILES string of the molecule is O=C(O)c1ccc(OCCN2CCOC(CO)C2)cc1. The van der Waals surface area contributed by atoms with Crippen molar-refractivity contribution in [3.05, 3.63) is 29.8 Å². The van der Waals surface area contributed by atoms with Gasteiger partial charge in [-0.1, -0.05) is 0 Å². The fourth-order valence-corrected chi connectivity index (χ4v) is 2.08. The van der Waals surface area contributed by atoms with Crippen LogP contribution in [0.4, 0.5) is 0 Å². The molecule has 0 aromatic heterocycles. The maximum atomic E-state index is 10.7. The maximum absolute atomic E-state index is 10.7. The smallest absolute Gasteiger partial charge is 0.335 e. The third-order valence-electron chi connectivity index (χ3n) is 3.20. The lowest BCUT2D eigenvalue weighted by Crippen LogP contribution is -2.45. The third-order valence-corrected chi connectivity index (χ3v) is 3.20. The van der Waals surface area contributed by atoms with E-state index in [-0.39, 0.29) is 18.3 Å². The fraction of sp³-hybridized carbons (Fsp3) is 0.500. The quantitative estimate of drug-likeness (QED) is 0.788. The summed E-state index contributed by atoms with van der Waals surface area (Å²) < 4.78 is 10.9. The Kier molecular flexibility index (Phi) is 5.34. The Morgan fingerprint density at radius 3 is 2.80 bits per heavy atom. The Balaban J connectivity index is 1.74. The second-order valence-electron chi connectivity index (χ2n) is 4.65. The van der Waals surface area contributed by atoms with Crippen molar-refractivity contribution in [3.63, 3.8) is 0 Å². The average Bonchev–Trinajstić information content (AvgIpc) is 2.48. The molecule has 1 aromatic carbocycles. The first-order chi connectivity index (χ1) is 9.69. The minimum Gasteiger partial charge on any atom is -0.492 e. The first-order valence-electron chi connectivity index (χ1n) is 6.60. The van der Waals surface area contributed by atoms with Crippen LogP contribution in [0.25, 0.3) is 0 Å². The van der Waals surface area contributed by atoms with E-state index in [2.05, 4.69) is 4.90 Å². The number of hydrogen-bond acceptors (Lipinski definition) is 5. The molecule has 1 unspecified atom stereocenters. The zero-order valence-electron chi connectivity index (χ0n) is 11.2. The van der Waals surface area contributed by atoms with Crippen LogP contribution in [0, 0.1) is 0 Å². The monoisotopic (exact) mass is 281 g/mol. The van der Waals surface area contributed by atoms with Gasteiger partial charge in [-0.2, -0.15) is 0 Å². The van der Waals surface area contributed by atoms with Gasteiger partial charge < -0.3 is 19.7 Å². The molecule has 0 aliphatic carbocycles. The molecule has 1 saturated heterocycles. The van der Waals surface area contributed by atoms with Gasteiger partial charge in [-0.15, -0.1) is 0 Å². The van der Waals surface area contributed by atoms with Crippen molar-refractivity contribution in [2.24, 2.45) is 0 Å². The Morgan fingerprint density at radius 2 is 2.15 bits per heavy atom. The number of hydrogen-bond donors (Lipinski definition) is 2. The molecule has 20 heavy (non-hydrogen) atoms. The summed E-state index contributed by atoms with van der Waals surface area (Å²) in [6, 6.07) is 6.35. The summed E-state index contributed by atoms with van der Waals surface area (Å²) in [6.45, 7) is 3.47. The highest BCUT2D eigenvalue weighted by molar-refractivity contribution is 5.87. The lowest BCUT2D eigenvalue weighted by molar-refractivity contribution is -0.0547. The van der Waals surface area contributed by atoms with Gasteiger partial charge in [0.1, 0.15) is 12.4 Å². The summed E-state index contributed by atoms with van der Waals surface area (Å²) in [4.78, 5) is 12.9. The number of aliphatic hydroxyl groups excluding tert-OH is 1. The van der Waals surface area contributed by atoms with E-state index in [1.807, 2.05) is 0 Å². The van der Waals surface area contributed by atoms with E-state index < -0.39 is 5.97 Å². The molecule has 6 heteroatoms. The number of ether oxygens (including phenoxy) is 2. The standard InChI is InChI=1S/C14H19NO5/c16-10-13-9-15(6-8-20-13)5-7-19-12-3-1-11(2-4-12)14(17)18/h1-4,13,16H,5-10H2,(H,17,18). The molecule has 1 atom stereocenters. The van der Waals surface area contributed by atoms with Gasteiger partial charge in [-0.25, -0.2) is 4.79 Å². The van der Waals surface area contributed by atoms with Crippen molar-refractivity contribution in [1.82, 2.24) is 4.90 Å². The Hall–Kier alpha value is -1.63. The highest BCUT2D eigenvalue weighted by atomic mass is 16.5. The van der Waals surface area contributed by atoms with Gasteiger partial charge in [0, 0.05) is 19.6 Å². The van der Waals surface area contributed by atoms with Gasteiger partial charge in [0.15, 0.2) is 0 Å². The normalized spacial score (nSPS) is 19.8. The molecule has 0 spiro atoms. The van der Waals surface area contributed by atoms with Crippen LogP contribution in [0.5, 0.6) is 5.75 Å². The summed E-state index contributed by atoms with van der Waals surface area (Å²) >= 11 is 0. The summed E-state index contributed by atoms with van der Waals surface area (Å²) in [5, 5.41) is 17.8. The van der Waals surface area contributed by atoms with E-state index in [0.717, 1.165) is 13.1 Å². The van der Waals surface area contributed by atoms with Crippen LogP contribution in [0.2, 0.25) is 0 Å². The largest absolute Gasteiger partial charge is 0.492 e. The number of carboxylic acids is 1. The minimum absolute atomic E-state index is 0.0357. The summed E-state index contributed by atoms with van der Waals surface area (Å²) in [6.07, 6.45) is -0.112.